The molecular weight excluding hydrogens is 298 g/mol. The minimum Gasteiger partial charge on any atom is -0.486 e. The highest BCUT2D eigenvalue weighted by Gasteiger charge is 2.16. The van der Waals surface area contributed by atoms with Gasteiger partial charge in [-0.05, 0) is 21.8 Å². The quantitative estimate of drug-likeness (QED) is 0.932. The highest BCUT2D eigenvalue weighted by Crippen LogP contribution is 2.38. The van der Waals surface area contributed by atoms with Crippen LogP contribution < -0.4 is 14.8 Å². The first-order chi connectivity index (χ1) is 8.56. The predicted molar refractivity (Wildman–Crippen MR) is 73.2 cm³/mol. The Bertz CT molecular complexity index is 460. The minimum atomic E-state index is 0.00220. The van der Waals surface area contributed by atoms with Crippen LogP contribution >= 0.6 is 15.9 Å². The maximum absolute atomic E-state index is 11.7. The van der Waals surface area contributed by atoms with Crippen LogP contribution in [0, 0.1) is 5.92 Å². The molecule has 0 fully saturated rings. The maximum atomic E-state index is 11.7. The van der Waals surface area contributed by atoms with Crippen molar-refractivity contribution in [3.63, 3.8) is 0 Å². The van der Waals surface area contributed by atoms with E-state index in [0.717, 1.165) is 4.47 Å². The van der Waals surface area contributed by atoms with Gasteiger partial charge in [-0.2, -0.15) is 0 Å². The highest BCUT2D eigenvalue weighted by molar-refractivity contribution is 9.10. The van der Waals surface area contributed by atoms with Gasteiger partial charge in [0.15, 0.2) is 11.5 Å². The molecule has 0 saturated heterocycles. The number of carbonyl (C=O) groups excluding carboxylic acids is 1. The molecule has 1 aliphatic heterocycles. The van der Waals surface area contributed by atoms with Gasteiger partial charge in [0, 0.05) is 23.0 Å². The summed E-state index contributed by atoms with van der Waals surface area (Å²) in [4.78, 5) is 11.7. The molecule has 0 radical (unpaired) electrons. The molecule has 1 aromatic carbocycles. The second-order valence-electron chi connectivity index (χ2n) is 4.62. The molecule has 0 bridgehead atoms. The molecule has 5 heteroatoms. The zero-order valence-corrected chi connectivity index (χ0v) is 12.0. The van der Waals surface area contributed by atoms with E-state index in [0.29, 0.717) is 42.7 Å². The molecule has 1 aromatic rings. The van der Waals surface area contributed by atoms with Crippen molar-refractivity contribution in [1.82, 2.24) is 0 Å². The second kappa shape index (κ2) is 5.61. The standard InChI is InChI=1S/C13H16BrNO3/c1-8(2)5-13(16)15-10-7-12-11(6-9(10)14)17-3-4-18-12/h6-8H,3-5H2,1-2H3,(H,15,16). The van der Waals surface area contributed by atoms with Crippen LogP contribution in [-0.2, 0) is 4.79 Å². The molecule has 0 saturated carbocycles. The number of hydrogen-bond donors (Lipinski definition) is 1. The summed E-state index contributed by atoms with van der Waals surface area (Å²) in [7, 11) is 0. The fourth-order valence-electron chi connectivity index (χ4n) is 1.73. The number of ether oxygens (including phenoxy) is 2. The summed E-state index contributed by atoms with van der Waals surface area (Å²) in [6, 6.07) is 3.61. The Hall–Kier alpha value is -1.23. The summed E-state index contributed by atoms with van der Waals surface area (Å²) in [6.45, 7) is 5.11. The third-order valence-electron chi connectivity index (χ3n) is 2.50. The summed E-state index contributed by atoms with van der Waals surface area (Å²) < 4.78 is 11.7. The van der Waals surface area contributed by atoms with E-state index in [1.54, 1.807) is 6.07 Å². The first-order valence-corrected chi connectivity index (χ1v) is 6.74. The molecule has 1 amide bonds. The summed E-state index contributed by atoms with van der Waals surface area (Å²) in [5, 5.41) is 2.87. The molecule has 98 valence electrons. The lowest BCUT2D eigenvalue weighted by Crippen LogP contribution is -2.17. The Labute approximate surface area is 115 Å². The van der Waals surface area contributed by atoms with Gasteiger partial charge in [0.25, 0.3) is 0 Å². The van der Waals surface area contributed by atoms with E-state index >= 15 is 0 Å². The fraction of sp³-hybridized carbons (Fsp3) is 0.462. The lowest BCUT2D eigenvalue weighted by atomic mass is 10.1. The SMILES string of the molecule is CC(C)CC(=O)Nc1cc2c(cc1Br)OCCO2. The Morgan fingerprint density at radius 2 is 1.94 bits per heavy atom. The van der Waals surface area contributed by atoms with Gasteiger partial charge in [-0.25, -0.2) is 0 Å². The summed E-state index contributed by atoms with van der Waals surface area (Å²) in [5.74, 6) is 1.71. The number of nitrogens with one attached hydrogen (secondary N) is 1. The Balaban J connectivity index is 2.15. The molecule has 0 spiro atoms. The summed E-state index contributed by atoms with van der Waals surface area (Å²) >= 11 is 3.42. The molecular formula is C13H16BrNO3. The van der Waals surface area contributed by atoms with E-state index in [-0.39, 0.29) is 5.91 Å². The van der Waals surface area contributed by atoms with Gasteiger partial charge in [-0.15, -0.1) is 0 Å². The summed E-state index contributed by atoms with van der Waals surface area (Å²) in [6.07, 6.45) is 0.501. The Kier molecular flexibility index (Phi) is 4.11. The number of benzene rings is 1. The van der Waals surface area contributed by atoms with Crippen molar-refractivity contribution in [1.29, 1.82) is 0 Å². The van der Waals surface area contributed by atoms with Gasteiger partial charge in [0.2, 0.25) is 5.91 Å². The van der Waals surface area contributed by atoms with Gasteiger partial charge >= 0.3 is 0 Å². The Morgan fingerprint density at radius 1 is 1.33 bits per heavy atom. The maximum Gasteiger partial charge on any atom is 0.224 e. The molecule has 1 aliphatic rings. The average molecular weight is 314 g/mol. The Morgan fingerprint density at radius 3 is 2.56 bits per heavy atom. The smallest absolute Gasteiger partial charge is 0.224 e. The van der Waals surface area contributed by atoms with Crippen LogP contribution in [0.25, 0.3) is 0 Å². The van der Waals surface area contributed by atoms with E-state index in [1.807, 2.05) is 19.9 Å². The van der Waals surface area contributed by atoms with Crippen molar-refractivity contribution in [3.05, 3.63) is 16.6 Å². The molecule has 4 nitrogen and oxygen atoms in total. The third kappa shape index (κ3) is 3.16. The van der Waals surface area contributed by atoms with E-state index in [4.69, 9.17) is 9.47 Å². The number of fused-ring (bicyclic) bond motifs is 1. The van der Waals surface area contributed by atoms with Crippen LogP contribution in [0.4, 0.5) is 5.69 Å². The number of halogens is 1. The monoisotopic (exact) mass is 313 g/mol. The number of anilines is 1. The fourth-order valence-corrected chi connectivity index (χ4v) is 2.15. The topological polar surface area (TPSA) is 47.6 Å². The molecule has 0 aliphatic carbocycles. The van der Waals surface area contributed by atoms with E-state index < -0.39 is 0 Å². The predicted octanol–water partition coefficient (Wildman–Crippen LogP) is 3.20. The zero-order valence-electron chi connectivity index (χ0n) is 10.5. The van der Waals surface area contributed by atoms with Crippen molar-refractivity contribution in [2.24, 2.45) is 5.92 Å². The van der Waals surface area contributed by atoms with Crippen molar-refractivity contribution >= 4 is 27.5 Å². The van der Waals surface area contributed by atoms with Gasteiger partial charge in [0.1, 0.15) is 13.2 Å². The van der Waals surface area contributed by atoms with Crippen LogP contribution in [-0.4, -0.2) is 19.1 Å². The lowest BCUT2D eigenvalue weighted by Gasteiger charge is -2.20. The number of amides is 1. The van der Waals surface area contributed by atoms with Crippen molar-refractivity contribution in [2.75, 3.05) is 18.5 Å². The largest absolute Gasteiger partial charge is 0.486 e. The van der Waals surface area contributed by atoms with Crippen LogP contribution in [0.5, 0.6) is 11.5 Å². The molecule has 0 unspecified atom stereocenters. The van der Waals surface area contributed by atoms with Crippen LogP contribution in [0.2, 0.25) is 0 Å². The molecule has 1 heterocycles. The van der Waals surface area contributed by atoms with Gasteiger partial charge < -0.3 is 14.8 Å². The molecule has 1 N–H and O–H groups in total. The first-order valence-electron chi connectivity index (χ1n) is 5.95. The third-order valence-corrected chi connectivity index (χ3v) is 3.16. The molecule has 0 aromatic heterocycles. The molecule has 0 atom stereocenters. The van der Waals surface area contributed by atoms with E-state index in [1.165, 1.54) is 0 Å². The minimum absolute atomic E-state index is 0.00220. The lowest BCUT2D eigenvalue weighted by molar-refractivity contribution is -0.116. The normalized spacial score (nSPS) is 13.6. The van der Waals surface area contributed by atoms with E-state index in [2.05, 4.69) is 21.2 Å². The van der Waals surface area contributed by atoms with Crippen LogP contribution in [0.1, 0.15) is 20.3 Å². The number of carbonyl (C=O) groups is 1. The first kappa shape index (κ1) is 13.2. The molecule has 2 rings (SSSR count). The highest BCUT2D eigenvalue weighted by atomic mass is 79.9. The average Bonchev–Trinajstić information content (AvgIpc) is 2.29. The van der Waals surface area contributed by atoms with Crippen molar-refractivity contribution < 1.29 is 14.3 Å². The number of rotatable bonds is 3. The second-order valence-corrected chi connectivity index (χ2v) is 5.48. The number of hydrogen-bond acceptors (Lipinski definition) is 3. The van der Waals surface area contributed by atoms with Crippen LogP contribution in [0.3, 0.4) is 0 Å². The van der Waals surface area contributed by atoms with Crippen LogP contribution in [0.15, 0.2) is 16.6 Å². The van der Waals surface area contributed by atoms with Gasteiger partial charge in [-0.1, -0.05) is 13.8 Å². The van der Waals surface area contributed by atoms with Gasteiger partial charge in [-0.3, -0.25) is 4.79 Å². The molecule has 18 heavy (non-hydrogen) atoms. The van der Waals surface area contributed by atoms with Crippen molar-refractivity contribution in [2.45, 2.75) is 20.3 Å². The summed E-state index contributed by atoms with van der Waals surface area (Å²) in [5.41, 5.74) is 0.713. The van der Waals surface area contributed by atoms with Crippen molar-refractivity contribution in [3.8, 4) is 11.5 Å². The van der Waals surface area contributed by atoms with Gasteiger partial charge in [0.05, 0.1) is 5.69 Å². The zero-order chi connectivity index (χ0) is 13.1. The van der Waals surface area contributed by atoms with E-state index in [9.17, 15) is 4.79 Å².